The van der Waals surface area contributed by atoms with E-state index in [1.165, 1.54) is 11.8 Å². The molecule has 2 fully saturated rings. The third-order valence-electron chi connectivity index (χ3n) is 4.12. The molecule has 0 aromatic carbocycles. The number of urea groups is 1. The van der Waals surface area contributed by atoms with Gasteiger partial charge >= 0.3 is 6.03 Å². The van der Waals surface area contributed by atoms with Crippen LogP contribution in [0.25, 0.3) is 0 Å². The smallest absolute Gasteiger partial charge is 0.330 e. The van der Waals surface area contributed by atoms with E-state index in [1.807, 2.05) is 25.8 Å². The van der Waals surface area contributed by atoms with Crippen LogP contribution in [-0.2, 0) is 4.79 Å². The largest absolute Gasteiger partial charge is 0.336 e. The van der Waals surface area contributed by atoms with Gasteiger partial charge in [-0.25, -0.2) is 9.69 Å². The number of amides is 3. The van der Waals surface area contributed by atoms with Crippen LogP contribution < -0.4 is 5.32 Å². The van der Waals surface area contributed by atoms with E-state index in [4.69, 9.17) is 12.2 Å². The topological polar surface area (TPSA) is 55.9 Å². The average Bonchev–Trinajstić information content (AvgIpc) is 2.47. The minimum absolute atomic E-state index is 0.293. The lowest BCUT2D eigenvalue weighted by atomic mass is 9.97. The van der Waals surface area contributed by atoms with Crippen LogP contribution in [-0.4, -0.2) is 57.2 Å². The van der Waals surface area contributed by atoms with Crippen molar-refractivity contribution in [3.63, 3.8) is 0 Å². The van der Waals surface area contributed by atoms with Gasteiger partial charge in [0.25, 0.3) is 0 Å². The maximum Gasteiger partial charge on any atom is 0.330 e. The van der Waals surface area contributed by atoms with Crippen molar-refractivity contribution in [2.24, 2.45) is 0 Å². The molecule has 0 aliphatic carbocycles. The van der Waals surface area contributed by atoms with Crippen molar-refractivity contribution in [3.8, 4) is 0 Å². The molecule has 2 heterocycles. The fourth-order valence-corrected chi connectivity index (χ4v) is 3.11. The standard InChI is InChI=1S/C10H16N4O2S/c1-6(15)14-8(16)13(5)10(3)9(14,2)11-7(17)12(10)4/h1-5H3,(H,11,17)/t9-,10+/m1/s1. The monoisotopic (exact) mass is 256 g/mol. The van der Waals surface area contributed by atoms with E-state index in [9.17, 15) is 9.59 Å². The molecule has 2 atom stereocenters. The Morgan fingerprint density at radius 3 is 2.29 bits per heavy atom. The molecule has 17 heavy (non-hydrogen) atoms. The second kappa shape index (κ2) is 3.10. The SMILES string of the molecule is CC(=O)N1C(=O)N(C)[C@]2(C)N(C)C(=S)N[C@]12C. The molecule has 6 nitrogen and oxygen atoms in total. The number of hydrogen-bond acceptors (Lipinski definition) is 3. The Morgan fingerprint density at radius 2 is 1.82 bits per heavy atom. The molecular weight excluding hydrogens is 240 g/mol. The molecule has 0 radical (unpaired) electrons. The second-order valence-corrected chi connectivity index (χ2v) is 5.16. The number of nitrogens with one attached hydrogen (secondary N) is 1. The van der Waals surface area contributed by atoms with E-state index in [1.54, 1.807) is 11.9 Å². The van der Waals surface area contributed by atoms with Gasteiger partial charge in [-0.05, 0) is 26.1 Å². The minimum Gasteiger partial charge on any atom is -0.336 e. The molecule has 94 valence electrons. The van der Waals surface area contributed by atoms with Gasteiger partial charge in [-0.3, -0.25) is 4.79 Å². The molecule has 3 amide bonds. The number of likely N-dealkylation sites (N-methyl/N-ethyl adjacent to an activating group) is 2. The van der Waals surface area contributed by atoms with Crippen molar-refractivity contribution >= 4 is 29.3 Å². The Morgan fingerprint density at radius 1 is 1.29 bits per heavy atom. The van der Waals surface area contributed by atoms with Crippen molar-refractivity contribution in [2.45, 2.75) is 32.1 Å². The zero-order chi connectivity index (χ0) is 13.2. The van der Waals surface area contributed by atoms with E-state index in [2.05, 4.69) is 5.32 Å². The molecular formula is C10H16N4O2S. The van der Waals surface area contributed by atoms with Gasteiger partial charge in [0.1, 0.15) is 0 Å². The Balaban J connectivity index is 2.63. The number of carbonyl (C=O) groups is 2. The number of rotatable bonds is 0. The van der Waals surface area contributed by atoms with Crippen LogP contribution >= 0.6 is 12.2 Å². The van der Waals surface area contributed by atoms with E-state index in [0.717, 1.165) is 0 Å². The molecule has 0 unspecified atom stereocenters. The minimum atomic E-state index is -0.837. The number of hydrogen-bond donors (Lipinski definition) is 1. The molecule has 0 aromatic rings. The normalized spacial score (nSPS) is 36.4. The average molecular weight is 256 g/mol. The number of fused-ring (bicyclic) bond motifs is 1. The van der Waals surface area contributed by atoms with Crippen LogP contribution in [0.4, 0.5) is 4.79 Å². The predicted molar refractivity (Wildman–Crippen MR) is 66.0 cm³/mol. The van der Waals surface area contributed by atoms with Gasteiger partial charge in [0.15, 0.2) is 16.4 Å². The highest BCUT2D eigenvalue weighted by atomic mass is 32.1. The summed E-state index contributed by atoms with van der Waals surface area (Å²) in [5.74, 6) is -0.293. The Bertz CT molecular complexity index is 440. The summed E-state index contributed by atoms with van der Waals surface area (Å²) in [7, 11) is 3.49. The lowest BCUT2D eigenvalue weighted by Gasteiger charge is -2.41. The first-order valence-electron chi connectivity index (χ1n) is 5.32. The van der Waals surface area contributed by atoms with Crippen molar-refractivity contribution in [3.05, 3.63) is 0 Å². The number of carbonyl (C=O) groups excluding carboxylic acids is 2. The van der Waals surface area contributed by atoms with Crippen LogP contribution in [0, 0.1) is 0 Å². The molecule has 0 saturated carbocycles. The lowest BCUT2D eigenvalue weighted by molar-refractivity contribution is -0.131. The highest BCUT2D eigenvalue weighted by molar-refractivity contribution is 7.80. The van der Waals surface area contributed by atoms with Crippen molar-refractivity contribution < 1.29 is 9.59 Å². The summed E-state index contributed by atoms with van der Waals surface area (Å²) < 4.78 is 0. The van der Waals surface area contributed by atoms with E-state index >= 15 is 0 Å². The zero-order valence-electron chi connectivity index (χ0n) is 10.6. The fourth-order valence-electron chi connectivity index (χ4n) is 2.73. The van der Waals surface area contributed by atoms with E-state index in [0.29, 0.717) is 5.11 Å². The maximum absolute atomic E-state index is 12.1. The van der Waals surface area contributed by atoms with Crippen LogP contribution in [0.2, 0.25) is 0 Å². The van der Waals surface area contributed by atoms with Crippen molar-refractivity contribution in [1.82, 2.24) is 20.0 Å². The summed E-state index contributed by atoms with van der Waals surface area (Å²) in [6, 6.07) is -0.315. The van der Waals surface area contributed by atoms with Gasteiger partial charge in [-0.15, -0.1) is 0 Å². The third kappa shape index (κ3) is 1.07. The number of nitrogens with zero attached hydrogens (tertiary/aromatic N) is 3. The Hall–Kier alpha value is -1.37. The van der Waals surface area contributed by atoms with Gasteiger partial charge in [-0.2, -0.15) is 0 Å². The molecule has 7 heteroatoms. The van der Waals surface area contributed by atoms with E-state index in [-0.39, 0.29) is 11.9 Å². The number of imide groups is 1. The molecule has 0 aromatic heterocycles. The van der Waals surface area contributed by atoms with Gasteiger partial charge in [0.05, 0.1) is 0 Å². The second-order valence-electron chi connectivity index (χ2n) is 4.78. The molecule has 2 rings (SSSR count). The van der Waals surface area contributed by atoms with Gasteiger partial charge in [-0.1, -0.05) is 0 Å². The van der Waals surface area contributed by atoms with Crippen molar-refractivity contribution in [1.29, 1.82) is 0 Å². The first-order chi connectivity index (χ1) is 7.68. The number of thiocarbonyl (C=S) groups is 1. The summed E-state index contributed by atoms with van der Waals surface area (Å²) in [5, 5.41) is 3.60. The summed E-state index contributed by atoms with van der Waals surface area (Å²) in [6.07, 6.45) is 0. The van der Waals surface area contributed by atoms with Crippen LogP contribution in [0.5, 0.6) is 0 Å². The highest BCUT2D eigenvalue weighted by Crippen LogP contribution is 2.44. The summed E-state index contributed by atoms with van der Waals surface area (Å²) in [6.45, 7) is 5.08. The first-order valence-corrected chi connectivity index (χ1v) is 5.73. The molecule has 0 bridgehead atoms. The summed E-state index contributed by atoms with van der Waals surface area (Å²) in [5.41, 5.74) is -1.51. The van der Waals surface area contributed by atoms with Crippen LogP contribution in [0.15, 0.2) is 0 Å². The predicted octanol–water partition coefficient (Wildman–Crippen LogP) is 0.153. The first kappa shape index (κ1) is 12.1. The molecule has 1 N–H and O–H groups in total. The maximum atomic E-state index is 12.1. The molecule has 0 spiro atoms. The zero-order valence-corrected chi connectivity index (χ0v) is 11.4. The summed E-state index contributed by atoms with van der Waals surface area (Å²) in [4.78, 5) is 28.4. The lowest BCUT2D eigenvalue weighted by Crippen LogP contribution is -2.63. The van der Waals surface area contributed by atoms with Crippen molar-refractivity contribution in [2.75, 3.05) is 14.1 Å². The molecule has 2 aliphatic rings. The van der Waals surface area contributed by atoms with Crippen LogP contribution in [0.1, 0.15) is 20.8 Å². The quantitative estimate of drug-likeness (QED) is 0.625. The van der Waals surface area contributed by atoms with E-state index < -0.39 is 11.3 Å². The Labute approximate surface area is 106 Å². The third-order valence-corrected chi connectivity index (χ3v) is 4.50. The van der Waals surface area contributed by atoms with Gasteiger partial charge in [0, 0.05) is 21.0 Å². The Kier molecular flexibility index (Phi) is 2.20. The van der Waals surface area contributed by atoms with Crippen LogP contribution in [0.3, 0.4) is 0 Å². The van der Waals surface area contributed by atoms with Gasteiger partial charge < -0.3 is 15.1 Å². The highest BCUT2D eigenvalue weighted by Gasteiger charge is 2.69. The van der Waals surface area contributed by atoms with Gasteiger partial charge in [0.2, 0.25) is 5.91 Å². The summed E-state index contributed by atoms with van der Waals surface area (Å²) >= 11 is 5.21. The molecule has 2 aliphatic heterocycles. The molecule has 2 saturated heterocycles. The fraction of sp³-hybridized carbons (Fsp3) is 0.700.